The molecule has 1 aromatic carbocycles. The summed E-state index contributed by atoms with van der Waals surface area (Å²) in [7, 11) is 0. The van der Waals surface area contributed by atoms with Crippen molar-refractivity contribution in [3.8, 4) is 5.69 Å². The van der Waals surface area contributed by atoms with E-state index in [2.05, 4.69) is 4.98 Å². The summed E-state index contributed by atoms with van der Waals surface area (Å²) in [6.45, 7) is 1.70. The lowest BCUT2D eigenvalue weighted by molar-refractivity contribution is 0.626. The molecule has 0 aliphatic heterocycles. The summed E-state index contributed by atoms with van der Waals surface area (Å²) < 4.78 is 14.3. The summed E-state index contributed by atoms with van der Waals surface area (Å²) in [6, 6.07) is 7.21. The van der Waals surface area contributed by atoms with Gasteiger partial charge in [0, 0.05) is 12.3 Å². The zero-order chi connectivity index (χ0) is 10.8. The first-order valence-electron chi connectivity index (χ1n) is 4.49. The highest BCUT2D eigenvalue weighted by atomic mass is 19.1. The second-order valence-corrected chi connectivity index (χ2v) is 3.15. The summed E-state index contributed by atoms with van der Waals surface area (Å²) in [6.07, 6.45) is 1.44. The van der Waals surface area contributed by atoms with Gasteiger partial charge in [0.2, 0.25) is 0 Å². The molecule has 15 heavy (non-hydrogen) atoms. The minimum atomic E-state index is -0.373. The largest absolute Gasteiger partial charge is 0.269 e. The van der Waals surface area contributed by atoms with Crippen molar-refractivity contribution >= 4 is 0 Å². The van der Waals surface area contributed by atoms with Crippen LogP contribution >= 0.6 is 0 Å². The van der Waals surface area contributed by atoms with Gasteiger partial charge in [-0.1, -0.05) is 6.07 Å². The van der Waals surface area contributed by atoms with Crippen LogP contribution in [0.25, 0.3) is 5.69 Å². The molecule has 0 amide bonds. The second kappa shape index (κ2) is 3.65. The van der Waals surface area contributed by atoms with E-state index in [9.17, 15) is 9.18 Å². The maximum absolute atomic E-state index is 13.0. The Hall–Kier alpha value is -1.97. The first-order valence-corrected chi connectivity index (χ1v) is 4.49. The molecule has 0 unspecified atom stereocenters. The van der Waals surface area contributed by atoms with Crippen molar-refractivity contribution in [3.63, 3.8) is 0 Å². The van der Waals surface area contributed by atoms with Gasteiger partial charge in [-0.3, -0.25) is 9.36 Å². The Morgan fingerprint density at radius 1 is 1.33 bits per heavy atom. The van der Waals surface area contributed by atoms with E-state index in [-0.39, 0.29) is 11.4 Å². The monoisotopic (exact) mass is 204 g/mol. The zero-order valence-electron chi connectivity index (χ0n) is 8.14. The highest BCUT2D eigenvalue weighted by Crippen LogP contribution is 2.08. The third kappa shape index (κ3) is 1.79. The number of aromatic nitrogens is 2. The minimum absolute atomic E-state index is 0.215. The van der Waals surface area contributed by atoms with E-state index < -0.39 is 0 Å². The average Bonchev–Trinajstić information content (AvgIpc) is 2.17. The lowest BCUT2D eigenvalue weighted by Gasteiger charge is -2.07. The van der Waals surface area contributed by atoms with Crippen LogP contribution in [-0.4, -0.2) is 9.55 Å². The van der Waals surface area contributed by atoms with E-state index in [4.69, 9.17) is 0 Å². The number of rotatable bonds is 1. The number of nitrogens with zero attached hydrogens (tertiary/aromatic N) is 2. The molecule has 0 saturated carbocycles. The third-order valence-electron chi connectivity index (χ3n) is 2.09. The van der Waals surface area contributed by atoms with Crippen LogP contribution in [0.1, 0.15) is 5.82 Å². The maximum atomic E-state index is 13.0. The predicted molar refractivity (Wildman–Crippen MR) is 54.5 cm³/mol. The first kappa shape index (κ1) is 9.58. The summed E-state index contributed by atoms with van der Waals surface area (Å²) in [5, 5.41) is 0. The molecule has 0 aliphatic carbocycles. The van der Waals surface area contributed by atoms with Crippen LogP contribution in [0.2, 0.25) is 0 Å². The molecule has 0 radical (unpaired) electrons. The SMILES string of the molecule is Cc1nccc(=O)n1-c1cccc(F)c1. The second-order valence-electron chi connectivity index (χ2n) is 3.15. The molecule has 0 aliphatic rings. The fourth-order valence-electron chi connectivity index (χ4n) is 1.43. The quantitative estimate of drug-likeness (QED) is 0.708. The molecule has 1 aromatic heterocycles. The van der Waals surface area contributed by atoms with E-state index in [1.807, 2.05) is 0 Å². The fourth-order valence-corrected chi connectivity index (χ4v) is 1.43. The summed E-state index contributed by atoms with van der Waals surface area (Å²) >= 11 is 0. The molecule has 0 spiro atoms. The van der Waals surface area contributed by atoms with E-state index in [0.29, 0.717) is 11.5 Å². The fraction of sp³-hybridized carbons (Fsp3) is 0.0909. The predicted octanol–water partition coefficient (Wildman–Crippen LogP) is 1.68. The van der Waals surface area contributed by atoms with Gasteiger partial charge in [-0.05, 0) is 25.1 Å². The van der Waals surface area contributed by atoms with Crippen molar-refractivity contribution in [2.75, 3.05) is 0 Å². The number of halogens is 1. The third-order valence-corrected chi connectivity index (χ3v) is 2.09. The molecular weight excluding hydrogens is 195 g/mol. The lowest BCUT2D eigenvalue weighted by Crippen LogP contribution is -2.20. The highest BCUT2D eigenvalue weighted by Gasteiger charge is 2.03. The van der Waals surface area contributed by atoms with E-state index >= 15 is 0 Å². The molecule has 4 heteroatoms. The van der Waals surface area contributed by atoms with Crippen LogP contribution in [0.4, 0.5) is 4.39 Å². The molecule has 3 nitrogen and oxygen atoms in total. The molecule has 2 aromatic rings. The summed E-state index contributed by atoms with van der Waals surface area (Å²) in [5.74, 6) is 0.163. The van der Waals surface area contributed by atoms with Crippen LogP contribution in [0.5, 0.6) is 0 Å². The number of hydrogen-bond donors (Lipinski definition) is 0. The Kier molecular flexibility index (Phi) is 2.33. The molecule has 2 rings (SSSR count). The molecule has 0 atom stereocenters. The molecule has 0 bridgehead atoms. The van der Waals surface area contributed by atoms with E-state index in [1.165, 1.54) is 29.0 Å². The summed E-state index contributed by atoms with van der Waals surface area (Å²) in [4.78, 5) is 15.5. The van der Waals surface area contributed by atoms with Gasteiger partial charge < -0.3 is 0 Å². The molecule has 76 valence electrons. The Labute approximate surface area is 85.8 Å². The Balaban J connectivity index is 2.69. The topological polar surface area (TPSA) is 34.9 Å². The van der Waals surface area contributed by atoms with Gasteiger partial charge in [0.15, 0.2) is 0 Å². The molecule has 1 heterocycles. The molecule has 0 N–H and O–H groups in total. The maximum Gasteiger partial charge on any atom is 0.258 e. The van der Waals surface area contributed by atoms with Gasteiger partial charge in [-0.2, -0.15) is 0 Å². The van der Waals surface area contributed by atoms with Crippen molar-refractivity contribution in [1.82, 2.24) is 9.55 Å². The van der Waals surface area contributed by atoms with Crippen molar-refractivity contribution in [2.45, 2.75) is 6.92 Å². The number of aryl methyl sites for hydroxylation is 1. The first-order chi connectivity index (χ1) is 7.18. The standard InChI is InChI=1S/C11H9FN2O/c1-8-13-6-5-11(15)14(8)10-4-2-3-9(12)7-10/h2-7H,1H3. The van der Waals surface area contributed by atoms with Gasteiger partial charge >= 0.3 is 0 Å². The van der Waals surface area contributed by atoms with E-state index in [0.717, 1.165) is 0 Å². The van der Waals surface area contributed by atoms with Crippen molar-refractivity contribution in [2.24, 2.45) is 0 Å². The summed E-state index contributed by atoms with van der Waals surface area (Å²) in [5.41, 5.74) is 0.277. The Morgan fingerprint density at radius 2 is 2.13 bits per heavy atom. The smallest absolute Gasteiger partial charge is 0.258 e. The van der Waals surface area contributed by atoms with Gasteiger partial charge in [-0.25, -0.2) is 9.37 Å². The highest BCUT2D eigenvalue weighted by molar-refractivity contribution is 5.33. The van der Waals surface area contributed by atoms with Crippen LogP contribution in [0, 0.1) is 12.7 Å². The normalized spacial score (nSPS) is 10.3. The van der Waals surface area contributed by atoms with Gasteiger partial charge in [0.1, 0.15) is 11.6 Å². The van der Waals surface area contributed by atoms with Crippen LogP contribution in [-0.2, 0) is 0 Å². The minimum Gasteiger partial charge on any atom is -0.269 e. The van der Waals surface area contributed by atoms with E-state index in [1.54, 1.807) is 19.1 Å². The molecule has 0 saturated heterocycles. The average molecular weight is 204 g/mol. The molecule has 0 fully saturated rings. The zero-order valence-corrected chi connectivity index (χ0v) is 8.14. The molecular formula is C11H9FN2O. The van der Waals surface area contributed by atoms with Gasteiger partial charge in [0.05, 0.1) is 5.69 Å². The van der Waals surface area contributed by atoms with Crippen LogP contribution in [0.15, 0.2) is 41.3 Å². The van der Waals surface area contributed by atoms with Crippen molar-refractivity contribution < 1.29 is 4.39 Å². The Morgan fingerprint density at radius 3 is 2.80 bits per heavy atom. The van der Waals surface area contributed by atoms with Crippen LogP contribution in [0.3, 0.4) is 0 Å². The Bertz CT molecular complexity index is 548. The lowest BCUT2D eigenvalue weighted by atomic mass is 10.3. The number of benzene rings is 1. The number of hydrogen-bond acceptors (Lipinski definition) is 2. The van der Waals surface area contributed by atoms with Crippen molar-refractivity contribution in [1.29, 1.82) is 0 Å². The van der Waals surface area contributed by atoms with Gasteiger partial charge in [-0.15, -0.1) is 0 Å². The van der Waals surface area contributed by atoms with Gasteiger partial charge in [0.25, 0.3) is 5.56 Å². The van der Waals surface area contributed by atoms with Crippen LogP contribution < -0.4 is 5.56 Å². The van der Waals surface area contributed by atoms with Crippen molar-refractivity contribution in [3.05, 3.63) is 58.5 Å².